The van der Waals surface area contributed by atoms with E-state index in [0.717, 1.165) is 37.7 Å². The lowest BCUT2D eigenvalue weighted by Gasteiger charge is -2.34. The summed E-state index contributed by atoms with van der Waals surface area (Å²) in [5, 5.41) is 5.06. The highest BCUT2D eigenvalue weighted by molar-refractivity contribution is 6.32. The molecule has 4 aliphatic rings. The number of benzene rings is 3. The molecule has 4 amide bonds. The van der Waals surface area contributed by atoms with Gasteiger partial charge in [0.1, 0.15) is 35.6 Å². The van der Waals surface area contributed by atoms with Crippen molar-refractivity contribution in [3.8, 4) is 33.5 Å². The first-order valence-electron chi connectivity index (χ1n) is 19.9. The van der Waals surface area contributed by atoms with Gasteiger partial charge < -0.3 is 39.9 Å². The molecule has 1 aliphatic heterocycles. The van der Waals surface area contributed by atoms with Gasteiger partial charge in [-0.2, -0.15) is 8.78 Å². The Labute approximate surface area is 348 Å². The van der Waals surface area contributed by atoms with Crippen LogP contribution in [0.4, 0.5) is 18.4 Å². The molecule has 1 saturated heterocycles. The monoisotopic (exact) mass is 840 g/mol. The number of methoxy groups -OCH3 is 2. The van der Waals surface area contributed by atoms with E-state index in [2.05, 4.69) is 42.0 Å². The number of nitrogens with zero attached hydrogens (tertiary/aromatic N) is 4. The predicted molar refractivity (Wildman–Crippen MR) is 217 cm³/mol. The summed E-state index contributed by atoms with van der Waals surface area (Å²) in [6.45, 7) is 2.17. The van der Waals surface area contributed by atoms with Crippen molar-refractivity contribution >= 4 is 46.6 Å². The molecule has 4 N–H and O–H groups in total. The van der Waals surface area contributed by atoms with Crippen LogP contribution >= 0.6 is 11.6 Å². The van der Waals surface area contributed by atoms with E-state index in [9.17, 15) is 19.2 Å². The summed E-state index contributed by atoms with van der Waals surface area (Å²) in [6, 6.07) is 15.2. The molecule has 2 aromatic heterocycles. The molecule has 14 nitrogen and oxygen atoms in total. The standard InChI is InChI=1S/C43H43ClF2N8O6/c1-42(12-13-42)21-53(34(55)18-47-40(57)59-2)20-33-51-36(38(44)52-33)24-6-10-28-27-9-5-22(15-29(27)43(45,46)30(28)16-24)23-7-11-31-32(17-23)50-39(49-31)37-25-4-8-26(14-25)54(37)35(56)19-48-41(58)60-3/h5-7,9-11,15-17,25-26,37H,4,8,12-14,18-21H2,1-3H3,(H,47,57)(H,48,58)(H,49,50)(H,51,52)/t25-,26+,37-/m0/s1. The Morgan fingerprint density at radius 1 is 0.883 bits per heavy atom. The van der Waals surface area contributed by atoms with E-state index in [1.54, 1.807) is 23.1 Å². The van der Waals surface area contributed by atoms with Gasteiger partial charge in [-0.15, -0.1) is 0 Å². The average Bonchev–Trinajstić information content (AvgIpc) is 3.76. The van der Waals surface area contributed by atoms with Crippen LogP contribution in [0.15, 0.2) is 54.6 Å². The number of halogens is 3. The van der Waals surface area contributed by atoms with Gasteiger partial charge in [0.05, 0.1) is 37.8 Å². The number of aromatic amines is 2. The highest BCUT2D eigenvalue weighted by atomic mass is 35.5. The van der Waals surface area contributed by atoms with E-state index in [1.165, 1.54) is 26.4 Å². The smallest absolute Gasteiger partial charge is 0.407 e. The molecule has 60 heavy (non-hydrogen) atoms. The van der Waals surface area contributed by atoms with Crippen molar-refractivity contribution in [2.75, 3.05) is 33.9 Å². The molecule has 9 rings (SSSR count). The number of ether oxygens (including phenoxy) is 2. The molecule has 312 valence electrons. The van der Waals surface area contributed by atoms with Gasteiger partial charge in [-0.25, -0.2) is 19.6 Å². The van der Waals surface area contributed by atoms with Crippen molar-refractivity contribution in [1.82, 2.24) is 40.4 Å². The Morgan fingerprint density at radius 2 is 1.53 bits per heavy atom. The topological polar surface area (TPSA) is 175 Å². The number of alkyl halides is 2. The normalized spacial score (nSPS) is 20.1. The Hall–Kier alpha value is -6.03. The molecule has 0 spiro atoms. The molecule has 3 aromatic carbocycles. The molecule has 2 saturated carbocycles. The van der Waals surface area contributed by atoms with Crippen molar-refractivity contribution in [2.45, 2.75) is 63.6 Å². The zero-order valence-corrected chi connectivity index (χ0v) is 33.9. The second kappa shape index (κ2) is 14.9. The van der Waals surface area contributed by atoms with Crippen LogP contribution in [0.3, 0.4) is 0 Å². The summed E-state index contributed by atoms with van der Waals surface area (Å²) in [4.78, 5) is 69.1. The molecule has 5 aromatic rings. The number of carbonyl (C=O) groups is 4. The minimum atomic E-state index is -3.33. The number of H-pyrrole nitrogens is 2. The number of hydrogen-bond acceptors (Lipinski definition) is 8. The molecular weight excluding hydrogens is 798 g/mol. The van der Waals surface area contributed by atoms with Crippen LogP contribution in [0.25, 0.3) is 44.5 Å². The van der Waals surface area contributed by atoms with Crippen LogP contribution < -0.4 is 10.6 Å². The van der Waals surface area contributed by atoms with Crippen molar-refractivity contribution in [2.24, 2.45) is 11.3 Å². The first-order chi connectivity index (χ1) is 28.7. The number of carbonyl (C=O) groups excluding carboxylic acids is 4. The molecule has 0 radical (unpaired) electrons. The van der Waals surface area contributed by atoms with Crippen molar-refractivity contribution in [3.63, 3.8) is 0 Å². The van der Waals surface area contributed by atoms with Crippen LogP contribution in [0.1, 0.15) is 67.8 Å². The number of piperidine rings is 1. The van der Waals surface area contributed by atoms with Crippen LogP contribution in [0.5, 0.6) is 0 Å². The summed E-state index contributed by atoms with van der Waals surface area (Å²) in [7, 11) is 2.47. The summed E-state index contributed by atoms with van der Waals surface area (Å²) < 4.78 is 42.2. The molecule has 0 unspecified atom stereocenters. The number of fused-ring (bicyclic) bond motifs is 6. The maximum atomic E-state index is 16.5. The fourth-order valence-corrected chi connectivity index (χ4v) is 9.41. The number of imidazole rings is 2. The molecule has 3 atom stereocenters. The van der Waals surface area contributed by atoms with Crippen LogP contribution in [-0.4, -0.2) is 93.6 Å². The zero-order chi connectivity index (χ0) is 42.1. The van der Waals surface area contributed by atoms with Crippen molar-refractivity contribution < 1.29 is 37.4 Å². The molecule has 3 fully saturated rings. The second-order valence-corrected chi connectivity index (χ2v) is 16.9. The molecular formula is C43H43ClF2N8O6. The van der Waals surface area contributed by atoms with Gasteiger partial charge in [-0.05, 0) is 90.0 Å². The average molecular weight is 841 g/mol. The number of amides is 4. The minimum Gasteiger partial charge on any atom is -0.453 e. The Bertz CT molecular complexity index is 2570. The number of aromatic nitrogens is 4. The lowest BCUT2D eigenvalue weighted by molar-refractivity contribution is -0.135. The lowest BCUT2D eigenvalue weighted by atomic mass is 9.98. The van der Waals surface area contributed by atoms with E-state index >= 15 is 8.78 Å². The van der Waals surface area contributed by atoms with Crippen molar-refractivity contribution in [1.29, 1.82) is 0 Å². The van der Waals surface area contributed by atoms with E-state index in [1.807, 2.05) is 29.2 Å². The van der Waals surface area contributed by atoms with Gasteiger partial charge in [-0.3, -0.25) is 9.59 Å². The summed E-state index contributed by atoms with van der Waals surface area (Å²) in [5.41, 5.74) is 3.91. The largest absolute Gasteiger partial charge is 0.453 e. The zero-order valence-electron chi connectivity index (χ0n) is 33.2. The Morgan fingerprint density at radius 3 is 2.23 bits per heavy atom. The highest BCUT2D eigenvalue weighted by Gasteiger charge is 2.50. The third-order valence-electron chi connectivity index (χ3n) is 12.5. The van der Waals surface area contributed by atoms with Gasteiger partial charge in [0.2, 0.25) is 11.8 Å². The third kappa shape index (κ3) is 7.09. The van der Waals surface area contributed by atoms with Crippen LogP contribution in [-0.2, 0) is 31.5 Å². The third-order valence-corrected chi connectivity index (χ3v) is 12.8. The van der Waals surface area contributed by atoms with E-state index in [4.69, 9.17) is 16.6 Å². The summed E-state index contributed by atoms with van der Waals surface area (Å²) in [6.07, 6.45) is 3.25. The molecule has 2 bridgehead atoms. The van der Waals surface area contributed by atoms with Gasteiger partial charge >= 0.3 is 12.2 Å². The van der Waals surface area contributed by atoms with Gasteiger partial charge in [0.15, 0.2) is 0 Å². The molecule has 3 aliphatic carbocycles. The SMILES string of the molecule is COC(=O)NCC(=O)N(Cc1nc(-c2ccc3c(c2)C(F)(F)c2cc(-c4ccc5nc([C@@H]6[C@H]7CC[C@H](C7)N6C(=O)CNC(=O)OC)[nH]c5c4)ccc2-3)c(Cl)[nH]1)CC1(C)CC1. The van der Waals surface area contributed by atoms with Gasteiger partial charge in [-0.1, -0.05) is 48.9 Å². The fourth-order valence-electron chi connectivity index (χ4n) is 9.15. The second-order valence-electron chi connectivity index (χ2n) is 16.5. The number of hydrogen-bond donors (Lipinski definition) is 4. The maximum absolute atomic E-state index is 16.5. The van der Waals surface area contributed by atoms with Crippen LogP contribution in [0, 0.1) is 11.3 Å². The van der Waals surface area contributed by atoms with Gasteiger partial charge in [0.25, 0.3) is 5.92 Å². The highest BCUT2D eigenvalue weighted by Crippen LogP contribution is 2.53. The summed E-state index contributed by atoms with van der Waals surface area (Å²) >= 11 is 6.63. The Kier molecular flexibility index (Phi) is 9.80. The number of nitrogens with one attached hydrogen (secondary N) is 4. The lowest BCUT2D eigenvalue weighted by Crippen LogP contribution is -2.45. The van der Waals surface area contributed by atoms with Crippen LogP contribution in [0.2, 0.25) is 5.15 Å². The first kappa shape index (κ1) is 39.4. The van der Waals surface area contributed by atoms with E-state index in [0.29, 0.717) is 51.5 Å². The number of likely N-dealkylation sites (tertiary alicyclic amines) is 1. The number of rotatable bonds is 11. The van der Waals surface area contributed by atoms with E-state index < -0.39 is 18.1 Å². The minimum absolute atomic E-state index is 0.0383. The summed E-state index contributed by atoms with van der Waals surface area (Å²) in [5.74, 6) is -2.60. The predicted octanol–water partition coefficient (Wildman–Crippen LogP) is 7.29. The fraction of sp³-hybridized carbons (Fsp3) is 0.395. The quantitative estimate of drug-likeness (QED) is 0.107. The first-order valence-corrected chi connectivity index (χ1v) is 20.3. The Balaban J connectivity index is 0.947. The molecule has 17 heteroatoms. The van der Waals surface area contributed by atoms with Crippen molar-refractivity contribution in [3.05, 3.63) is 82.5 Å². The van der Waals surface area contributed by atoms with E-state index in [-0.39, 0.29) is 76.8 Å². The number of alkyl carbamates (subject to hydrolysis) is 2. The molecule has 3 heterocycles. The van der Waals surface area contributed by atoms with Gasteiger partial charge in [0, 0.05) is 29.3 Å². The maximum Gasteiger partial charge on any atom is 0.407 e.